The molecular formula is C12H13FN2O5. The van der Waals surface area contributed by atoms with Gasteiger partial charge in [0.1, 0.15) is 0 Å². The number of nitrogens with one attached hydrogen (secondary N) is 2. The molecule has 1 aromatic carbocycles. The van der Waals surface area contributed by atoms with Crippen molar-refractivity contribution in [2.75, 3.05) is 13.7 Å². The van der Waals surface area contributed by atoms with Crippen LogP contribution < -0.4 is 15.6 Å². The third-order valence-corrected chi connectivity index (χ3v) is 2.10. The largest absolute Gasteiger partial charge is 0.494 e. The fourth-order valence-electron chi connectivity index (χ4n) is 1.20. The summed E-state index contributed by atoms with van der Waals surface area (Å²) >= 11 is 0. The SMILES string of the molecule is COc1ccc(C(=O)OCC(=O)NNC(C)=O)cc1F. The van der Waals surface area contributed by atoms with Crippen molar-refractivity contribution in [2.45, 2.75) is 6.92 Å². The fourth-order valence-corrected chi connectivity index (χ4v) is 1.20. The molecule has 0 spiro atoms. The first-order valence-electron chi connectivity index (χ1n) is 5.50. The second-order valence-corrected chi connectivity index (χ2v) is 3.65. The summed E-state index contributed by atoms with van der Waals surface area (Å²) in [6.45, 7) is 0.596. The van der Waals surface area contributed by atoms with E-state index in [1.54, 1.807) is 0 Å². The number of hydrazine groups is 1. The lowest BCUT2D eigenvalue weighted by Crippen LogP contribution is -2.42. The van der Waals surface area contributed by atoms with Crippen LogP contribution in [0.15, 0.2) is 18.2 Å². The van der Waals surface area contributed by atoms with Gasteiger partial charge < -0.3 is 9.47 Å². The van der Waals surface area contributed by atoms with Gasteiger partial charge in [-0.15, -0.1) is 0 Å². The standard InChI is InChI=1S/C12H13FN2O5/c1-7(16)14-15-11(17)6-20-12(18)8-3-4-10(19-2)9(13)5-8/h3-5H,6H2,1-2H3,(H,14,16)(H,15,17). The predicted octanol–water partition coefficient (Wildman–Crippen LogP) is 0.158. The minimum atomic E-state index is -0.871. The smallest absolute Gasteiger partial charge is 0.338 e. The molecule has 8 heteroatoms. The van der Waals surface area contributed by atoms with Crippen molar-refractivity contribution < 1.29 is 28.2 Å². The number of amides is 2. The first kappa shape index (κ1) is 15.4. The van der Waals surface area contributed by atoms with Gasteiger partial charge in [-0.1, -0.05) is 0 Å². The topological polar surface area (TPSA) is 93.7 Å². The van der Waals surface area contributed by atoms with Gasteiger partial charge in [-0.05, 0) is 18.2 Å². The lowest BCUT2D eigenvalue weighted by molar-refractivity contribution is -0.129. The molecular weight excluding hydrogens is 271 g/mol. The van der Waals surface area contributed by atoms with Crippen molar-refractivity contribution in [1.82, 2.24) is 10.9 Å². The van der Waals surface area contributed by atoms with Crippen molar-refractivity contribution in [3.05, 3.63) is 29.6 Å². The van der Waals surface area contributed by atoms with Crippen LogP contribution in [0.2, 0.25) is 0 Å². The lowest BCUT2D eigenvalue weighted by Gasteiger charge is -2.07. The van der Waals surface area contributed by atoms with Gasteiger partial charge in [-0.3, -0.25) is 20.4 Å². The van der Waals surface area contributed by atoms with E-state index >= 15 is 0 Å². The second kappa shape index (κ2) is 7.07. The Balaban J connectivity index is 2.52. The maximum Gasteiger partial charge on any atom is 0.338 e. The van der Waals surface area contributed by atoms with E-state index in [-0.39, 0.29) is 11.3 Å². The molecule has 0 unspecified atom stereocenters. The molecule has 0 saturated carbocycles. The number of hydrogen-bond donors (Lipinski definition) is 2. The Morgan fingerprint density at radius 1 is 1.25 bits per heavy atom. The molecule has 0 bridgehead atoms. The third-order valence-electron chi connectivity index (χ3n) is 2.10. The van der Waals surface area contributed by atoms with E-state index in [4.69, 9.17) is 4.74 Å². The molecule has 2 amide bonds. The number of esters is 1. The molecule has 0 saturated heterocycles. The van der Waals surface area contributed by atoms with Gasteiger partial charge in [0.05, 0.1) is 12.7 Å². The van der Waals surface area contributed by atoms with E-state index in [0.29, 0.717) is 0 Å². The Kier molecular flexibility index (Phi) is 5.45. The summed E-state index contributed by atoms with van der Waals surface area (Å²) in [6.07, 6.45) is 0. The quantitative estimate of drug-likeness (QED) is 0.606. The lowest BCUT2D eigenvalue weighted by atomic mass is 10.2. The monoisotopic (exact) mass is 284 g/mol. The molecule has 0 atom stereocenters. The van der Waals surface area contributed by atoms with Crippen LogP contribution in [0.3, 0.4) is 0 Å². The summed E-state index contributed by atoms with van der Waals surface area (Å²) in [5, 5.41) is 0. The van der Waals surface area contributed by atoms with Gasteiger partial charge >= 0.3 is 5.97 Å². The normalized spacial score (nSPS) is 9.55. The minimum Gasteiger partial charge on any atom is -0.494 e. The van der Waals surface area contributed by atoms with Crippen molar-refractivity contribution in [1.29, 1.82) is 0 Å². The second-order valence-electron chi connectivity index (χ2n) is 3.65. The molecule has 0 aromatic heterocycles. The molecule has 0 aliphatic rings. The molecule has 20 heavy (non-hydrogen) atoms. The van der Waals surface area contributed by atoms with Crippen molar-refractivity contribution in [3.63, 3.8) is 0 Å². The molecule has 1 rings (SSSR count). The highest BCUT2D eigenvalue weighted by Gasteiger charge is 2.13. The van der Waals surface area contributed by atoms with Crippen molar-refractivity contribution >= 4 is 17.8 Å². The Bertz CT molecular complexity index is 533. The maximum atomic E-state index is 13.4. The van der Waals surface area contributed by atoms with E-state index < -0.39 is 30.2 Å². The minimum absolute atomic E-state index is 0.00930. The van der Waals surface area contributed by atoms with Crippen LogP contribution in [0.5, 0.6) is 5.75 Å². The summed E-state index contributed by atoms with van der Waals surface area (Å²) in [5.41, 5.74) is 3.98. The fraction of sp³-hybridized carbons (Fsp3) is 0.250. The molecule has 0 heterocycles. The van der Waals surface area contributed by atoms with Crippen LogP contribution in [0.25, 0.3) is 0 Å². The molecule has 0 radical (unpaired) electrons. The number of carbonyl (C=O) groups excluding carboxylic acids is 3. The predicted molar refractivity (Wildman–Crippen MR) is 65.2 cm³/mol. The average molecular weight is 284 g/mol. The Morgan fingerprint density at radius 3 is 2.50 bits per heavy atom. The molecule has 7 nitrogen and oxygen atoms in total. The Labute approximate surface area is 114 Å². The first-order chi connectivity index (χ1) is 9.43. The first-order valence-corrected chi connectivity index (χ1v) is 5.50. The molecule has 108 valence electrons. The van der Waals surface area contributed by atoms with Gasteiger partial charge in [0.25, 0.3) is 5.91 Å². The molecule has 2 N–H and O–H groups in total. The van der Waals surface area contributed by atoms with Crippen LogP contribution in [0.4, 0.5) is 4.39 Å². The number of methoxy groups -OCH3 is 1. The van der Waals surface area contributed by atoms with Crippen LogP contribution in [-0.2, 0) is 14.3 Å². The maximum absolute atomic E-state index is 13.4. The Morgan fingerprint density at radius 2 is 1.95 bits per heavy atom. The van der Waals surface area contributed by atoms with Crippen LogP contribution in [0.1, 0.15) is 17.3 Å². The summed E-state index contributed by atoms with van der Waals surface area (Å²) < 4.78 is 22.7. The summed E-state index contributed by atoms with van der Waals surface area (Å²) in [5.74, 6) is -2.79. The van der Waals surface area contributed by atoms with Crippen LogP contribution in [0, 0.1) is 5.82 Å². The van der Waals surface area contributed by atoms with Crippen LogP contribution >= 0.6 is 0 Å². The zero-order chi connectivity index (χ0) is 15.1. The van der Waals surface area contributed by atoms with Gasteiger partial charge in [-0.2, -0.15) is 0 Å². The van der Waals surface area contributed by atoms with E-state index in [1.807, 2.05) is 10.9 Å². The number of benzene rings is 1. The average Bonchev–Trinajstić information content (AvgIpc) is 2.42. The van der Waals surface area contributed by atoms with E-state index in [1.165, 1.54) is 26.2 Å². The number of carbonyl (C=O) groups is 3. The summed E-state index contributed by atoms with van der Waals surface area (Å²) in [4.78, 5) is 33.2. The molecule has 0 fully saturated rings. The van der Waals surface area contributed by atoms with Crippen LogP contribution in [-0.4, -0.2) is 31.5 Å². The summed E-state index contributed by atoms with van der Waals surface area (Å²) in [7, 11) is 1.29. The zero-order valence-electron chi connectivity index (χ0n) is 10.9. The van der Waals surface area contributed by atoms with Gasteiger partial charge in [0, 0.05) is 6.92 Å². The van der Waals surface area contributed by atoms with Crippen molar-refractivity contribution in [3.8, 4) is 5.75 Å². The molecule has 1 aromatic rings. The number of hydrogen-bond acceptors (Lipinski definition) is 5. The highest BCUT2D eigenvalue weighted by molar-refractivity contribution is 5.91. The highest BCUT2D eigenvalue weighted by Crippen LogP contribution is 2.18. The third kappa shape index (κ3) is 4.56. The van der Waals surface area contributed by atoms with Gasteiger partial charge in [0.15, 0.2) is 18.2 Å². The van der Waals surface area contributed by atoms with Crippen molar-refractivity contribution in [2.24, 2.45) is 0 Å². The highest BCUT2D eigenvalue weighted by atomic mass is 19.1. The van der Waals surface area contributed by atoms with Gasteiger partial charge in [-0.25, -0.2) is 9.18 Å². The van der Waals surface area contributed by atoms with E-state index in [0.717, 1.165) is 6.07 Å². The van der Waals surface area contributed by atoms with Gasteiger partial charge in [0.2, 0.25) is 5.91 Å². The number of ether oxygens (including phenoxy) is 2. The molecule has 0 aliphatic carbocycles. The summed E-state index contributed by atoms with van der Waals surface area (Å²) in [6, 6.07) is 3.51. The number of rotatable bonds is 4. The van der Waals surface area contributed by atoms with E-state index in [2.05, 4.69) is 4.74 Å². The number of halogens is 1. The van der Waals surface area contributed by atoms with E-state index in [9.17, 15) is 18.8 Å². The zero-order valence-corrected chi connectivity index (χ0v) is 10.9. The Hall–Kier alpha value is -2.64. The molecule has 0 aliphatic heterocycles.